The van der Waals surface area contributed by atoms with Crippen molar-refractivity contribution in [3.05, 3.63) is 46.5 Å². The summed E-state index contributed by atoms with van der Waals surface area (Å²) >= 11 is 0. The third-order valence-electron chi connectivity index (χ3n) is 4.19. The highest BCUT2D eigenvalue weighted by molar-refractivity contribution is 5.63. The molecule has 0 spiro atoms. The summed E-state index contributed by atoms with van der Waals surface area (Å²) in [4.78, 5) is 12.6. The van der Waals surface area contributed by atoms with Gasteiger partial charge in [-0.15, -0.1) is 10.2 Å². The van der Waals surface area contributed by atoms with Crippen LogP contribution in [0.25, 0.3) is 0 Å². The van der Waals surface area contributed by atoms with Crippen molar-refractivity contribution in [2.75, 3.05) is 44.4 Å². The first kappa shape index (κ1) is 23.0. The number of hydrogen-bond donors (Lipinski definition) is 2. The highest BCUT2D eigenvalue weighted by Crippen LogP contribution is 2.36. The van der Waals surface area contributed by atoms with Crippen LogP contribution < -0.4 is 14.4 Å². The lowest BCUT2D eigenvalue weighted by Gasteiger charge is -2.22. The predicted molar refractivity (Wildman–Crippen MR) is 112 cm³/mol. The summed E-state index contributed by atoms with van der Waals surface area (Å²) in [5.74, 6) is 0.594. The Balaban J connectivity index is 2.38. The summed E-state index contributed by atoms with van der Waals surface area (Å²) in [6, 6.07) is 9.43. The fourth-order valence-electron chi connectivity index (χ4n) is 2.72. The molecule has 0 aliphatic heterocycles. The molecule has 0 saturated heterocycles. The molecule has 0 radical (unpaired) electrons. The number of nitro benzene ring substituents is 1. The Hall–Kier alpha value is -3.24. The van der Waals surface area contributed by atoms with Crippen LogP contribution in [0.15, 0.2) is 46.6 Å². The van der Waals surface area contributed by atoms with Crippen LogP contribution in [0.5, 0.6) is 11.5 Å². The zero-order valence-electron chi connectivity index (χ0n) is 17.0. The zero-order chi connectivity index (χ0) is 21.9. The van der Waals surface area contributed by atoms with Gasteiger partial charge in [0.05, 0.1) is 24.2 Å². The molecule has 0 amide bonds. The average molecular weight is 418 g/mol. The molecule has 0 heterocycles. The Bertz CT molecular complexity index is 870. The largest absolute Gasteiger partial charge is 0.489 e. The first-order valence-electron chi connectivity index (χ1n) is 9.60. The quantitative estimate of drug-likeness (QED) is 0.306. The zero-order valence-corrected chi connectivity index (χ0v) is 17.0. The molecular weight excluding hydrogens is 392 g/mol. The van der Waals surface area contributed by atoms with Gasteiger partial charge in [0, 0.05) is 30.9 Å². The van der Waals surface area contributed by atoms with Gasteiger partial charge in [-0.25, -0.2) is 0 Å². The van der Waals surface area contributed by atoms with Crippen LogP contribution in [-0.2, 0) is 0 Å². The molecule has 10 heteroatoms. The molecule has 10 nitrogen and oxygen atoms in total. The normalized spacial score (nSPS) is 10.9. The average Bonchev–Trinajstić information content (AvgIpc) is 2.76. The number of non-ortho nitro benzene ring substituents is 1. The van der Waals surface area contributed by atoms with E-state index in [0.717, 1.165) is 18.8 Å². The van der Waals surface area contributed by atoms with E-state index in [9.17, 15) is 10.1 Å². The number of hydrogen-bond acceptors (Lipinski definition) is 9. The monoisotopic (exact) mass is 418 g/mol. The molecule has 0 unspecified atom stereocenters. The Morgan fingerprint density at radius 1 is 0.933 bits per heavy atom. The van der Waals surface area contributed by atoms with E-state index in [1.54, 1.807) is 6.07 Å². The van der Waals surface area contributed by atoms with Gasteiger partial charge in [-0.05, 0) is 32.0 Å². The van der Waals surface area contributed by atoms with E-state index >= 15 is 0 Å². The number of anilines is 1. The molecule has 0 bridgehead atoms. The van der Waals surface area contributed by atoms with Crippen LogP contribution >= 0.6 is 0 Å². The van der Waals surface area contributed by atoms with Crippen molar-refractivity contribution in [3.63, 3.8) is 0 Å². The van der Waals surface area contributed by atoms with E-state index in [-0.39, 0.29) is 43.6 Å². The van der Waals surface area contributed by atoms with E-state index in [1.165, 1.54) is 18.2 Å². The predicted octanol–water partition coefficient (Wildman–Crippen LogP) is 3.60. The third kappa shape index (κ3) is 6.13. The van der Waals surface area contributed by atoms with Crippen molar-refractivity contribution < 1.29 is 24.6 Å². The van der Waals surface area contributed by atoms with E-state index in [1.807, 2.05) is 26.0 Å². The number of nitrogens with zero attached hydrogens (tertiary/aromatic N) is 4. The molecular formula is C20H26N4O6. The van der Waals surface area contributed by atoms with E-state index < -0.39 is 4.92 Å². The number of rotatable bonds is 12. The van der Waals surface area contributed by atoms with Gasteiger partial charge >= 0.3 is 0 Å². The molecule has 2 aromatic carbocycles. The number of nitro groups is 1. The Morgan fingerprint density at radius 2 is 1.47 bits per heavy atom. The molecule has 0 aromatic heterocycles. The molecule has 162 valence electrons. The van der Waals surface area contributed by atoms with Crippen LogP contribution in [-0.4, -0.2) is 54.7 Å². The molecule has 0 aliphatic rings. The molecule has 2 aromatic rings. The number of azo groups is 1. The maximum absolute atomic E-state index is 11.0. The smallest absolute Gasteiger partial charge is 0.273 e. The number of aliphatic hydroxyl groups excluding tert-OH is 2. The van der Waals surface area contributed by atoms with Crippen molar-refractivity contribution in [2.45, 2.75) is 13.8 Å². The summed E-state index contributed by atoms with van der Waals surface area (Å²) in [5, 5.41) is 37.5. The molecule has 0 fully saturated rings. The van der Waals surface area contributed by atoms with Gasteiger partial charge < -0.3 is 24.6 Å². The van der Waals surface area contributed by atoms with Crippen molar-refractivity contribution in [1.29, 1.82) is 0 Å². The summed E-state index contributed by atoms with van der Waals surface area (Å²) in [6.45, 7) is 5.43. The Labute approximate surface area is 174 Å². The fourth-order valence-corrected chi connectivity index (χ4v) is 2.72. The molecule has 2 N–H and O–H groups in total. The second kappa shape index (κ2) is 11.7. The van der Waals surface area contributed by atoms with Gasteiger partial charge in [0.1, 0.15) is 30.3 Å². The Kier molecular flexibility index (Phi) is 8.98. The van der Waals surface area contributed by atoms with E-state index in [0.29, 0.717) is 11.4 Å². The highest BCUT2D eigenvalue weighted by atomic mass is 16.6. The second-order valence-electron chi connectivity index (χ2n) is 6.08. The first-order valence-corrected chi connectivity index (χ1v) is 9.60. The summed E-state index contributed by atoms with van der Waals surface area (Å²) in [5.41, 5.74) is 1.51. The van der Waals surface area contributed by atoms with Crippen molar-refractivity contribution >= 4 is 22.7 Å². The molecule has 30 heavy (non-hydrogen) atoms. The van der Waals surface area contributed by atoms with Gasteiger partial charge in [-0.1, -0.05) is 0 Å². The highest BCUT2D eigenvalue weighted by Gasteiger charge is 2.13. The molecule has 2 rings (SSSR count). The summed E-state index contributed by atoms with van der Waals surface area (Å²) < 4.78 is 11.0. The van der Waals surface area contributed by atoms with Crippen molar-refractivity contribution in [1.82, 2.24) is 0 Å². The van der Waals surface area contributed by atoms with Gasteiger partial charge in [0.2, 0.25) is 0 Å². The SMILES string of the molecule is CCN(CC)c1ccc(N=Nc2ccc([N+](=O)[O-])cc2OCCO)c(OCCO)c1. The molecule has 0 aliphatic carbocycles. The lowest BCUT2D eigenvalue weighted by Crippen LogP contribution is -2.21. The van der Waals surface area contributed by atoms with Gasteiger partial charge in [-0.2, -0.15) is 0 Å². The van der Waals surface area contributed by atoms with Crippen LogP contribution in [0.4, 0.5) is 22.7 Å². The maximum Gasteiger partial charge on any atom is 0.273 e. The van der Waals surface area contributed by atoms with Gasteiger partial charge in [0.15, 0.2) is 5.75 Å². The lowest BCUT2D eigenvalue weighted by atomic mass is 10.2. The minimum atomic E-state index is -0.542. The standard InChI is InChI=1S/C20H26N4O6/c1-3-23(4-2)15-5-7-17(19(13-15)29-11-9-25)21-22-18-8-6-16(24(27)28)14-20(18)30-12-10-26/h5-8,13-14,25-26H,3-4,9-12H2,1-2H3. The Morgan fingerprint density at radius 3 is 1.97 bits per heavy atom. The van der Waals surface area contributed by atoms with Gasteiger partial charge in [0.25, 0.3) is 5.69 Å². The topological polar surface area (TPSA) is 130 Å². The number of benzene rings is 2. The minimum absolute atomic E-state index is 0.0346. The molecule has 0 saturated carbocycles. The number of aliphatic hydroxyl groups is 2. The van der Waals surface area contributed by atoms with E-state index in [2.05, 4.69) is 15.1 Å². The summed E-state index contributed by atoms with van der Waals surface area (Å²) in [6.07, 6.45) is 0. The van der Waals surface area contributed by atoms with Crippen LogP contribution in [0.2, 0.25) is 0 Å². The number of ether oxygens (including phenoxy) is 2. The van der Waals surface area contributed by atoms with Crippen molar-refractivity contribution in [2.24, 2.45) is 10.2 Å². The van der Waals surface area contributed by atoms with Crippen LogP contribution in [0, 0.1) is 10.1 Å². The fraction of sp³-hybridized carbons (Fsp3) is 0.400. The first-order chi connectivity index (χ1) is 14.5. The van der Waals surface area contributed by atoms with E-state index in [4.69, 9.17) is 19.7 Å². The summed E-state index contributed by atoms with van der Waals surface area (Å²) in [7, 11) is 0. The third-order valence-corrected chi connectivity index (χ3v) is 4.19. The van der Waals surface area contributed by atoms with Crippen LogP contribution in [0.1, 0.15) is 13.8 Å². The maximum atomic E-state index is 11.0. The van der Waals surface area contributed by atoms with Crippen LogP contribution in [0.3, 0.4) is 0 Å². The lowest BCUT2D eigenvalue weighted by molar-refractivity contribution is -0.384. The van der Waals surface area contributed by atoms with Crippen molar-refractivity contribution in [3.8, 4) is 11.5 Å². The van der Waals surface area contributed by atoms with Gasteiger partial charge in [-0.3, -0.25) is 10.1 Å². The second-order valence-corrected chi connectivity index (χ2v) is 6.08. The molecule has 0 atom stereocenters. The minimum Gasteiger partial charge on any atom is -0.489 e.